The molecule has 1 amide bonds. The predicted octanol–water partition coefficient (Wildman–Crippen LogP) is 3.77. The first kappa shape index (κ1) is 23.5. The number of carbonyl (C=O) groups excluding carboxylic acids is 1. The second kappa shape index (κ2) is 10.8. The van der Waals surface area contributed by atoms with Gasteiger partial charge in [-0.2, -0.15) is 0 Å². The van der Waals surface area contributed by atoms with Crippen LogP contribution >= 0.6 is 0 Å². The van der Waals surface area contributed by atoms with Gasteiger partial charge in [-0.25, -0.2) is 0 Å². The quantitative estimate of drug-likeness (QED) is 0.516. The lowest BCUT2D eigenvalue weighted by molar-refractivity contribution is 0.0827. The number of aryl methyl sites for hydroxylation is 1. The summed E-state index contributed by atoms with van der Waals surface area (Å²) in [6, 6.07) is 16.5. The van der Waals surface area contributed by atoms with E-state index in [0.29, 0.717) is 6.54 Å². The van der Waals surface area contributed by atoms with E-state index in [4.69, 9.17) is 4.99 Å². The van der Waals surface area contributed by atoms with Crippen molar-refractivity contribution in [1.82, 2.24) is 15.5 Å². The second-order valence-electron chi connectivity index (χ2n) is 8.53. The molecular formula is C25H36N4O. The molecule has 2 aromatic carbocycles. The summed E-state index contributed by atoms with van der Waals surface area (Å²) < 4.78 is 0. The van der Waals surface area contributed by atoms with Crippen molar-refractivity contribution in [3.8, 4) is 0 Å². The van der Waals surface area contributed by atoms with Gasteiger partial charge in [0.2, 0.25) is 0 Å². The maximum atomic E-state index is 12.2. The van der Waals surface area contributed by atoms with E-state index in [0.717, 1.165) is 36.6 Å². The molecule has 0 aliphatic heterocycles. The van der Waals surface area contributed by atoms with E-state index in [2.05, 4.69) is 68.7 Å². The summed E-state index contributed by atoms with van der Waals surface area (Å²) in [5.74, 6) is 0.844. The molecule has 0 fully saturated rings. The molecular weight excluding hydrogens is 372 g/mol. The fourth-order valence-electron chi connectivity index (χ4n) is 3.22. The molecule has 2 N–H and O–H groups in total. The van der Waals surface area contributed by atoms with Gasteiger partial charge >= 0.3 is 0 Å². The molecule has 0 atom stereocenters. The Balaban J connectivity index is 1.99. The van der Waals surface area contributed by atoms with Crippen molar-refractivity contribution in [2.75, 3.05) is 33.7 Å². The smallest absolute Gasteiger partial charge is 0.253 e. The molecule has 2 rings (SSSR count). The van der Waals surface area contributed by atoms with Gasteiger partial charge < -0.3 is 15.5 Å². The van der Waals surface area contributed by atoms with E-state index < -0.39 is 0 Å². The summed E-state index contributed by atoms with van der Waals surface area (Å²) in [5.41, 5.74) is 4.37. The highest BCUT2D eigenvalue weighted by Crippen LogP contribution is 2.24. The first-order valence-electron chi connectivity index (χ1n) is 10.6. The molecule has 0 radical (unpaired) electrons. The number of rotatable bonds is 8. The Morgan fingerprint density at radius 1 is 1.07 bits per heavy atom. The molecule has 162 valence electrons. The van der Waals surface area contributed by atoms with E-state index in [1.807, 2.05) is 18.2 Å². The van der Waals surface area contributed by atoms with Gasteiger partial charge in [-0.05, 0) is 43.5 Å². The van der Waals surface area contributed by atoms with Crippen molar-refractivity contribution >= 4 is 11.9 Å². The monoisotopic (exact) mass is 408 g/mol. The van der Waals surface area contributed by atoms with Gasteiger partial charge in [0, 0.05) is 38.2 Å². The average molecular weight is 409 g/mol. The van der Waals surface area contributed by atoms with Gasteiger partial charge in [-0.3, -0.25) is 9.79 Å². The molecule has 5 nitrogen and oxygen atoms in total. The zero-order valence-corrected chi connectivity index (χ0v) is 19.2. The third-order valence-electron chi connectivity index (χ3n) is 5.06. The summed E-state index contributed by atoms with van der Waals surface area (Å²) in [6.07, 6.45) is 0.820. The van der Waals surface area contributed by atoms with Crippen LogP contribution in [0.3, 0.4) is 0 Å². The molecule has 0 saturated carbocycles. The minimum atomic E-state index is -0.0464. The van der Waals surface area contributed by atoms with Crippen LogP contribution in [0.15, 0.2) is 53.5 Å². The number of nitrogens with one attached hydrogen (secondary N) is 2. The number of guanidine groups is 1. The molecule has 0 bridgehead atoms. The maximum absolute atomic E-state index is 12.2. The van der Waals surface area contributed by atoms with Crippen molar-refractivity contribution in [3.63, 3.8) is 0 Å². The molecule has 0 unspecified atom stereocenters. The molecule has 2 aromatic rings. The van der Waals surface area contributed by atoms with Crippen LogP contribution in [0.25, 0.3) is 0 Å². The van der Waals surface area contributed by atoms with Crippen LogP contribution in [-0.2, 0) is 11.8 Å². The van der Waals surface area contributed by atoms with Crippen molar-refractivity contribution < 1.29 is 4.79 Å². The first-order chi connectivity index (χ1) is 14.2. The fourth-order valence-corrected chi connectivity index (χ4v) is 3.22. The number of hydrogen-bond acceptors (Lipinski definition) is 2. The van der Waals surface area contributed by atoms with E-state index in [9.17, 15) is 4.79 Å². The lowest BCUT2D eigenvalue weighted by atomic mass is 9.84. The third kappa shape index (κ3) is 6.90. The zero-order chi connectivity index (χ0) is 22.1. The predicted molar refractivity (Wildman–Crippen MR) is 126 cm³/mol. The van der Waals surface area contributed by atoms with Crippen LogP contribution < -0.4 is 10.6 Å². The Morgan fingerprint density at radius 3 is 2.47 bits per heavy atom. The third-order valence-corrected chi connectivity index (χ3v) is 5.06. The summed E-state index contributed by atoms with van der Waals surface area (Å²) in [7, 11) is 3.54. The van der Waals surface area contributed by atoms with E-state index in [1.165, 1.54) is 11.1 Å². The van der Waals surface area contributed by atoms with Crippen LogP contribution in [-0.4, -0.2) is 50.5 Å². The van der Waals surface area contributed by atoms with Crippen molar-refractivity contribution in [1.29, 1.82) is 0 Å². The normalized spacial score (nSPS) is 11.9. The summed E-state index contributed by atoms with van der Waals surface area (Å²) in [5, 5.41) is 6.75. The average Bonchev–Trinajstić information content (AvgIpc) is 2.71. The van der Waals surface area contributed by atoms with E-state index >= 15 is 0 Å². The fraction of sp³-hybridized carbons (Fsp3) is 0.440. The maximum Gasteiger partial charge on any atom is 0.253 e. The Bertz CT molecular complexity index is 871. The van der Waals surface area contributed by atoms with Gasteiger partial charge in [0.05, 0.1) is 6.54 Å². The molecule has 5 heteroatoms. The number of hydrogen-bond donors (Lipinski definition) is 2. The molecule has 0 aliphatic rings. The van der Waals surface area contributed by atoms with E-state index in [1.54, 1.807) is 19.0 Å². The molecule has 0 saturated heterocycles. The van der Waals surface area contributed by atoms with Gasteiger partial charge in [0.1, 0.15) is 0 Å². The number of nitrogens with zero attached hydrogens (tertiary/aromatic N) is 2. The van der Waals surface area contributed by atoms with Crippen molar-refractivity contribution in [3.05, 3.63) is 70.8 Å². The second-order valence-corrected chi connectivity index (χ2v) is 8.53. The lowest BCUT2D eigenvalue weighted by Crippen LogP contribution is -2.39. The van der Waals surface area contributed by atoms with Crippen LogP contribution in [0.2, 0.25) is 0 Å². The highest BCUT2D eigenvalue weighted by Gasteiger charge is 2.20. The van der Waals surface area contributed by atoms with Crippen LogP contribution in [0.1, 0.15) is 47.8 Å². The number of benzene rings is 2. The van der Waals surface area contributed by atoms with Crippen LogP contribution in [0.5, 0.6) is 0 Å². The van der Waals surface area contributed by atoms with Gasteiger partial charge in [0.15, 0.2) is 5.96 Å². The summed E-state index contributed by atoms with van der Waals surface area (Å²) >= 11 is 0. The zero-order valence-electron chi connectivity index (χ0n) is 19.2. The standard InChI is InChI=1S/C25H36N4O/c1-7-26-24(28-18-25(3,4)22-13-8-10-19(2)16-22)27-15-14-20-11-9-12-21(17-20)23(30)29(5)6/h8-13,16-17H,7,14-15,18H2,1-6H3,(H2,26,27,28). The van der Waals surface area contributed by atoms with Gasteiger partial charge in [0.25, 0.3) is 5.91 Å². The molecule has 0 spiro atoms. The van der Waals surface area contributed by atoms with Crippen LogP contribution in [0.4, 0.5) is 0 Å². The Labute approximate surface area is 181 Å². The topological polar surface area (TPSA) is 56.7 Å². The summed E-state index contributed by atoms with van der Waals surface area (Å²) in [4.78, 5) is 18.6. The minimum Gasteiger partial charge on any atom is -0.357 e. The van der Waals surface area contributed by atoms with Gasteiger partial charge in [-0.15, -0.1) is 0 Å². The highest BCUT2D eigenvalue weighted by molar-refractivity contribution is 5.94. The van der Waals surface area contributed by atoms with Crippen LogP contribution in [0, 0.1) is 6.92 Å². The summed E-state index contributed by atoms with van der Waals surface area (Å²) in [6.45, 7) is 10.9. The number of carbonyl (C=O) groups is 1. The highest BCUT2D eigenvalue weighted by atomic mass is 16.2. The Kier molecular flexibility index (Phi) is 8.46. The molecule has 30 heavy (non-hydrogen) atoms. The first-order valence-corrected chi connectivity index (χ1v) is 10.6. The molecule has 0 heterocycles. The van der Waals surface area contributed by atoms with E-state index in [-0.39, 0.29) is 11.3 Å². The Hall–Kier alpha value is -2.82. The number of aliphatic imine (C=N–C) groups is 1. The molecule has 0 aromatic heterocycles. The van der Waals surface area contributed by atoms with Crippen molar-refractivity contribution in [2.45, 2.75) is 39.5 Å². The SMILES string of the molecule is CCNC(=NCC(C)(C)c1cccc(C)c1)NCCc1cccc(C(=O)N(C)C)c1. The number of amides is 1. The van der Waals surface area contributed by atoms with Gasteiger partial charge in [-0.1, -0.05) is 55.8 Å². The van der Waals surface area contributed by atoms with Crippen molar-refractivity contribution in [2.24, 2.45) is 4.99 Å². The lowest BCUT2D eigenvalue weighted by Gasteiger charge is -2.24. The largest absolute Gasteiger partial charge is 0.357 e. The minimum absolute atomic E-state index is 0.0260. The molecule has 0 aliphatic carbocycles. The Morgan fingerprint density at radius 2 is 1.80 bits per heavy atom.